The van der Waals surface area contributed by atoms with Gasteiger partial charge in [0.05, 0.1) is 10.6 Å². The SMILES string of the molecule is C=Cc1nc(-c2ccc(NC)cc2)sc1C=C.CC. The normalized spacial score (nSPS) is 9.21. The molecule has 0 atom stereocenters. The minimum absolute atomic E-state index is 0.901. The van der Waals surface area contributed by atoms with Gasteiger partial charge in [0, 0.05) is 18.3 Å². The molecular formula is C16H20N2S. The predicted molar refractivity (Wildman–Crippen MR) is 88.6 cm³/mol. The maximum Gasteiger partial charge on any atom is 0.124 e. The number of aromatic nitrogens is 1. The molecule has 2 nitrogen and oxygen atoms in total. The second kappa shape index (κ2) is 7.54. The number of thiazole rings is 1. The maximum atomic E-state index is 4.53. The lowest BCUT2D eigenvalue weighted by atomic mass is 10.2. The minimum Gasteiger partial charge on any atom is -0.388 e. The zero-order valence-electron chi connectivity index (χ0n) is 11.7. The summed E-state index contributed by atoms with van der Waals surface area (Å²) in [7, 11) is 1.91. The molecule has 0 fully saturated rings. The molecule has 1 heterocycles. The van der Waals surface area contributed by atoms with E-state index >= 15 is 0 Å². The number of nitrogens with one attached hydrogen (secondary N) is 1. The summed E-state index contributed by atoms with van der Waals surface area (Å²) in [5.74, 6) is 0. The van der Waals surface area contributed by atoms with Crippen LogP contribution in [0.25, 0.3) is 22.7 Å². The van der Waals surface area contributed by atoms with Gasteiger partial charge in [0.2, 0.25) is 0 Å². The summed E-state index contributed by atoms with van der Waals surface area (Å²) in [4.78, 5) is 5.60. The number of nitrogens with zero attached hydrogens (tertiary/aromatic N) is 1. The van der Waals surface area contributed by atoms with Crippen LogP contribution >= 0.6 is 11.3 Å². The highest BCUT2D eigenvalue weighted by molar-refractivity contribution is 7.16. The second-order valence-electron chi connectivity index (χ2n) is 3.50. The molecular weight excluding hydrogens is 252 g/mol. The first kappa shape index (κ1) is 15.2. The molecule has 0 radical (unpaired) electrons. The van der Waals surface area contributed by atoms with Gasteiger partial charge < -0.3 is 5.32 Å². The third-order valence-electron chi connectivity index (χ3n) is 2.48. The van der Waals surface area contributed by atoms with Crippen LogP contribution in [0.3, 0.4) is 0 Å². The van der Waals surface area contributed by atoms with Crippen LogP contribution in [0.5, 0.6) is 0 Å². The largest absolute Gasteiger partial charge is 0.388 e. The van der Waals surface area contributed by atoms with Crippen LogP contribution in [0.4, 0.5) is 5.69 Å². The third-order valence-corrected chi connectivity index (χ3v) is 3.60. The van der Waals surface area contributed by atoms with Gasteiger partial charge in [-0.05, 0) is 36.4 Å². The van der Waals surface area contributed by atoms with Crippen molar-refractivity contribution >= 4 is 29.2 Å². The van der Waals surface area contributed by atoms with Gasteiger partial charge in [-0.2, -0.15) is 0 Å². The van der Waals surface area contributed by atoms with E-state index in [0.717, 1.165) is 26.8 Å². The number of hydrogen-bond donors (Lipinski definition) is 1. The number of benzene rings is 1. The van der Waals surface area contributed by atoms with Gasteiger partial charge in [0.15, 0.2) is 0 Å². The van der Waals surface area contributed by atoms with E-state index in [4.69, 9.17) is 0 Å². The first-order chi connectivity index (χ1) is 9.28. The van der Waals surface area contributed by atoms with Gasteiger partial charge in [-0.15, -0.1) is 11.3 Å². The molecule has 2 aromatic rings. The first-order valence-corrected chi connectivity index (χ1v) is 7.14. The maximum absolute atomic E-state index is 4.53. The van der Waals surface area contributed by atoms with Crippen LogP contribution in [-0.4, -0.2) is 12.0 Å². The molecule has 1 N–H and O–H groups in total. The van der Waals surface area contributed by atoms with E-state index in [9.17, 15) is 0 Å². The molecule has 19 heavy (non-hydrogen) atoms. The zero-order chi connectivity index (χ0) is 14.3. The van der Waals surface area contributed by atoms with Crippen LogP contribution < -0.4 is 5.32 Å². The standard InChI is InChI=1S/C14H14N2S.C2H6/c1-4-12-13(5-2)17-14(16-12)10-6-8-11(15-3)9-7-10;1-2/h4-9,15H,1-2H2,3H3;1-2H3. The molecule has 0 amide bonds. The van der Waals surface area contributed by atoms with Crippen molar-refractivity contribution in [2.45, 2.75) is 13.8 Å². The van der Waals surface area contributed by atoms with Crippen molar-refractivity contribution in [3.8, 4) is 10.6 Å². The first-order valence-electron chi connectivity index (χ1n) is 6.32. The molecule has 0 aliphatic heterocycles. The molecule has 0 aliphatic carbocycles. The summed E-state index contributed by atoms with van der Waals surface area (Å²) < 4.78 is 0. The highest BCUT2D eigenvalue weighted by Gasteiger charge is 2.07. The van der Waals surface area contributed by atoms with Crippen molar-refractivity contribution in [2.75, 3.05) is 12.4 Å². The lowest BCUT2D eigenvalue weighted by Gasteiger charge is -2.00. The monoisotopic (exact) mass is 272 g/mol. The van der Waals surface area contributed by atoms with E-state index in [-0.39, 0.29) is 0 Å². The summed E-state index contributed by atoms with van der Waals surface area (Å²) in [6.07, 6.45) is 3.58. The Morgan fingerprint density at radius 2 is 1.74 bits per heavy atom. The van der Waals surface area contributed by atoms with Gasteiger partial charge in [-0.25, -0.2) is 4.98 Å². The fourth-order valence-electron chi connectivity index (χ4n) is 1.54. The second-order valence-corrected chi connectivity index (χ2v) is 4.53. The lowest BCUT2D eigenvalue weighted by Crippen LogP contribution is -1.86. The Labute approximate surface area is 119 Å². The van der Waals surface area contributed by atoms with E-state index in [0.29, 0.717) is 0 Å². The van der Waals surface area contributed by atoms with Gasteiger partial charge in [0.1, 0.15) is 5.01 Å². The quantitative estimate of drug-likeness (QED) is 0.831. The number of hydrogen-bond acceptors (Lipinski definition) is 3. The summed E-state index contributed by atoms with van der Waals surface area (Å²) in [6.45, 7) is 11.5. The number of anilines is 1. The fraction of sp³-hybridized carbons (Fsp3) is 0.188. The van der Waals surface area contributed by atoms with E-state index < -0.39 is 0 Å². The Morgan fingerprint density at radius 3 is 2.16 bits per heavy atom. The van der Waals surface area contributed by atoms with Gasteiger partial charge >= 0.3 is 0 Å². The predicted octanol–water partition coefficient (Wildman–Crippen LogP) is 5.16. The molecule has 0 bridgehead atoms. The zero-order valence-corrected chi connectivity index (χ0v) is 12.6. The van der Waals surface area contributed by atoms with Crippen LogP contribution in [0.1, 0.15) is 24.4 Å². The van der Waals surface area contributed by atoms with Crippen LogP contribution in [0.2, 0.25) is 0 Å². The Kier molecular flexibility index (Phi) is 6.03. The third kappa shape index (κ3) is 3.55. The molecule has 1 aromatic heterocycles. The van der Waals surface area contributed by atoms with E-state index in [1.165, 1.54) is 0 Å². The summed E-state index contributed by atoms with van der Waals surface area (Å²) in [6, 6.07) is 8.20. The summed E-state index contributed by atoms with van der Waals surface area (Å²) in [5, 5.41) is 4.09. The molecule has 1 aromatic carbocycles. The van der Waals surface area contributed by atoms with Crippen molar-refractivity contribution in [2.24, 2.45) is 0 Å². The van der Waals surface area contributed by atoms with E-state index in [1.807, 2.05) is 39.1 Å². The summed E-state index contributed by atoms with van der Waals surface area (Å²) >= 11 is 1.63. The summed E-state index contributed by atoms with van der Waals surface area (Å²) in [5.41, 5.74) is 3.11. The average Bonchev–Trinajstić information content (AvgIpc) is 2.92. The molecule has 0 spiro atoms. The minimum atomic E-state index is 0.901. The lowest BCUT2D eigenvalue weighted by molar-refractivity contribution is 1.37. The molecule has 3 heteroatoms. The van der Waals surface area contributed by atoms with Crippen molar-refractivity contribution in [1.29, 1.82) is 0 Å². The highest BCUT2D eigenvalue weighted by atomic mass is 32.1. The molecule has 0 saturated carbocycles. The molecule has 0 saturated heterocycles. The molecule has 2 rings (SSSR count). The average molecular weight is 272 g/mol. The van der Waals surface area contributed by atoms with Crippen molar-refractivity contribution in [3.05, 3.63) is 48.0 Å². The van der Waals surface area contributed by atoms with Crippen LogP contribution in [-0.2, 0) is 0 Å². The smallest absolute Gasteiger partial charge is 0.124 e. The van der Waals surface area contributed by atoms with E-state index in [2.05, 4.69) is 35.6 Å². The Morgan fingerprint density at radius 1 is 1.11 bits per heavy atom. The van der Waals surface area contributed by atoms with Gasteiger partial charge in [-0.1, -0.05) is 27.0 Å². The molecule has 0 aliphatic rings. The highest BCUT2D eigenvalue weighted by Crippen LogP contribution is 2.30. The molecule has 100 valence electrons. The van der Waals surface area contributed by atoms with Crippen molar-refractivity contribution in [3.63, 3.8) is 0 Å². The van der Waals surface area contributed by atoms with Gasteiger partial charge in [0.25, 0.3) is 0 Å². The van der Waals surface area contributed by atoms with Gasteiger partial charge in [-0.3, -0.25) is 0 Å². The van der Waals surface area contributed by atoms with Crippen molar-refractivity contribution in [1.82, 2.24) is 4.98 Å². The Hall–Kier alpha value is -1.87. The van der Waals surface area contributed by atoms with Crippen LogP contribution in [0.15, 0.2) is 37.4 Å². The topological polar surface area (TPSA) is 24.9 Å². The number of rotatable bonds is 4. The Bertz CT molecular complexity index is 513. The van der Waals surface area contributed by atoms with Crippen LogP contribution in [0, 0.1) is 0 Å². The van der Waals surface area contributed by atoms with E-state index in [1.54, 1.807) is 17.4 Å². The fourth-order valence-corrected chi connectivity index (χ4v) is 2.46. The van der Waals surface area contributed by atoms with Crippen molar-refractivity contribution < 1.29 is 0 Å². The molecule has 0 unspecified atom stereocenters. The Balaban J connectivity index is 0.000000861.